The Labute approximate surface area is 191 Å². The molecule has 5 aromatic carbocycles. The van der Waals surface area contributed by atoms with E-state index in [1.807, 2.05) is 0 Å². The van der Waals surface area contributed by atoms with Gasteiger partial charge in [0.15, 0.2) is 0 Å². The highest BCUT2D eigenvalue weighted by molar-refractivity contribution is 6.14. The Balaban J connectivity index is 1.61. The molecule has 8 rings (SSSR count). The van der Waals surface area contributed by atoms with Gasteiger partial charge in [-0.3, -0.25) is 0 Å². The molecule has 2 heteroatoms. The summed E-state index contributed by atoms with van der Waals surface area (Å²) >= 11 is 0. The van der Waals surface area contributed by atoms with Crippen molar-refractivity contribution in [1.29, 1.82) is 0 Å². The lowest BCUT2D eigenvalue weighted by atomic mass is 9.81. The molecule has 1 aromatic heterocycles. The van der Waals surface area contributed by atoms with E-state index in [0.717, 1.165) is 5.75 Å². The van der Waals surface area contributed by atoms with E-state index in [9.17, 15) is 0 Å². The fraction of sp³-hybridized carbons (Fsp3) is 0.129. The Morgan fingerprint density at radius 3 is 2.15 bits per heavy atom. The van der Waals surface area contributed by atoms with Crippen molar-refractivity contribution in [3.8, 4) is 17.0 Å². The van der Waals surface area contributed by atoms with Crippen molar-refractivity contribution in [3.63, 3.8) is 0 Å². The lowest BCUT2D eigenvalue weighted by Crippen LogP contribution is -2.43. The molecule has 6 aromatic rings. The summed E-state index contributed by atoms with van der Waals surface area (Å²) in [4.78, 5) is 0. The van der Waals surface area contributed by atoms with Crippen LogP contribution in [0.25, 0.3) is 54.5 Å². The molecule has 0 N–H and O–H groups in total. The van der Waals surface area contributed by atoms with Gasteiger partial charge in [0.1, 0.15) is 5.75 Å². The zero-order chi connectivity index (χ0) is 21.9. The summed E-state index contributed by atoms with van der Waals surface area (Å²) in [5.41, 5.74) is 6.54. The molecule has 0 amide bonds. The molecule has 2 nitrogen and oxygen atoms in total. The maximum absolute atomic E-state index is 6.70. The normalized spacial score (nSPS) is 15.3. The van der Waals surface area contributed by atoms with E-state index in [0.29, 0.717) is 6.73 Å². The molecule has 0 fully saturated rings. The molecule has 2 heterocycles. The van der Waals surface area contributed by atoms with Crippen molar-refractivity contribution in [2.24, 2.45) is 0 Å². The van der Waals surface area contributed by atoms with E-state index in [2.05, 4.69) is 103 Å². The van der Waals surface area contributed by atoms with Gasteiger partial charge >= 0.3 is 0 Å². The molecule has 0 saturated carbocycles. The number of aromatic nitrogens is 1. The van der Waals surface area contributed by atoms with Gasteiger partial charge in [-0.05, 0) is 51.4 Å². The molecule has 33 heavy (non-hydrogen) atoms. The van der Waals surface area contributed by atoms with Crippen LogP contribution in [0.4, 0.5) is 0 Å². The highest BCUT2D eigenvalue weighted by Gasteiger charge is 2.47. The van der Waals surface area contributed by atoms with Crippen LogP contribution < -0.4 is 9.30 Å². The third-order valence-electron chi connectivity index (χ3n) is 7.93. The van der Waals surface area contributed by atoms with Crippen LogP contribution in [-0.4, -0.2) is 0 Å². The summed E-state index contributed by atoms with van der Waals surface area (Å²) in [5.74, 6) is 1.05. The Bertz CT molecular complexity index is 1710. The summed E-state index contributed by atoms with van der Waals surface area (Å²) < 4.78 is 9.12. The van der Waals surface area contributed by atoms with Crippen molar-refractivity contribution in [1.82, 2.24) is 0 Å². The van der Waals surface area contributed by atoms with Crippen molar-refractivity contribution in [3.05, 3.63) is 96.1 Å². The second-order valence-corrected chi connectivity index (χ2v) is 9.97. The second kappa shape index (κ2) is 5.71. The summed E-state index contributed by atoms with van der Waals surface area (Å²) in [6.07, 6.45) is 0. The molecule has 2 aliphatic rings. The third kappa shape index (κ3) is 2.03. The van der Waals surface area contributed by atoms with Gasteiger partial charge in [0.2, 0.25) is 11.2 Å². The molecule has 0 radical (unpaired) electrons. The van der Waals surface area contributed by atoms with Crippen LogP contribution in [0.2, 0.25) is 0 Å². The van der Waals surface area contributed by atoms with E-state index >= 15 is 0 Å². The maximum atomic E-state index is 6.70. The average molecular weight is 425 g/mol. The minimum atomic E-state index is -0.0888. The van der Waals surface area contributed by atoms with Gasteiger partial charge in [-0.2, -0.15) is 4.57 Å². The minimum absolute atomic E-state index is 0.0888. The summed E-state index contributed by atoms with van der Waals surface area (Å²) in [5, 5.41) is 8.83. The first-order valence-electron chi connectivity index (χ1n) is 11.6. The zero-order valence-electron chi connectivity index (χ0n) is 18.6. The number of hydrogen-bond donors (Lipinski definition) is 0. The summed E-state index contributed by atoms with van der Waals surface area (Å²) in [7, 11) is 0. The summed E-state index contributed by atoms with van der Waals surface area (Å²) in [6, 6.07) is 31.1. The van der Waals surface area contributed by atoms with Gasteiger partial charge in [-0.1, -0.05) is 74.5 Å². The molecule has 1 aliphatic heterocycles. The fourth-order valence-electron chi connectivity index (χ4n) is 6.33. The largest absolute Gasteiger partial charge is 0.434 e. The van der Waals surface area contributed by atoms with E-state index in [1.54, 1.807) is 0 Å². The van der Waals surface area contributed by atoms with Gasteiger partial charge in [-0.15, -0.1) is 0 Å². The SMILES string of the molecule is CC1(C)c2cc3ccc4ccccc4c3c3c2-c2c1cc1ccc4ccccc4c1[n+]2CO3. The van der Waals surface area contributed by atoms with Gasteiger partial charge in [-0.25, -0.2) is 0 Å². The minimum Gasteiger partial charge on any atom is -0.434 e. The number of hydrogen-bond acceptors (Lipinski definition) is 1. The molecule has 0 atom stereocenters. The third-order valence-corrected chi connectivity index (χ3v) is 7.93. The van der Waals surface area contributed by atoms with Crippen molar-refractivity contribution in [2.45, 2.75) is 26.0 Å². The second-order valence-electron chi connectivity index (χ2n) is 9.97. The van der Waals surface area contributed by atoms with Gasteiger partial charge in [0.05, 0.1) is 10.9 Å². The molecule has 0 saturated heterocycles. The predicted molar refractivity (Wildman–Crippen MR) is 135 cm³/mol. The lowest BCUT2D eigenvalue weighted by Gasteiger charge is -2.21. The van der Waals surface area contributed by atoms with Crippen molar-refractivity contribution in [2.75, 3.05) is 0 Å². The van der Waals surface area contributed by atoms with Gasteiger partial charge < -0.3 is 4.74 Å². The van der Waals surface area contributed by atoms with Crippen LogP contribution in [0.15, 0.2) is 84.9 Å². The number of pyridine rings is 1. The Kier molecular flexibility index (Phi) is 3.05. The van der Waals surface area contributed by atoms with E-state index in [4.69, 9.17) is 4.74 Å². The molecule has 0 spiro atoms. The molecule has 0 bridgehead atoms. The number of nitrogens with zero attached hydrogens (tertiary/aromatic N) is 1. The van der Waals surface area contributed by atoms with Crippen LogP contribution in [0.1, 0.15) is 25.0 Å². The monoisotopic (exact) mass is 424 g/mol. The topological polar surface area (TPSA) is 13.1 Å². The van der Waals surface area contributed by atoms with Crippen LogP contribution >= 0.6 is 0 Å². The average Bonchev–Trinajstić information content (AvgIpc) is 3.08. The smallest absolute Gasteiger partial charge is 0.293 e. The number of ether oxygens (including phenoxy) is 1. The molecule has 1 aliphatic carbocycles. The van der Waals surface area contributed by atoms with Crippen LogP contribution in [-0.2, 0) is 12.1 Å². The first-order chi connectivity index (χ1) is 16.1. The van der Waals surface area contributed by atoms with E-state index in [-0.39, 0.29) is 5.41 Å². The Morgan fingerprint density at radius 1 is 0.697 bits per heavy atom. The van der Waals surface area contributed by atoms with E-state index < -0.39 is 0 Å². The van der Waals surface area contributed by atoms with Crippen LogP contribution in [0.3, 0.4) is 0 Å². The molecular weight excluding hydrogens is 402 g/mol. The molecule has 0 unspecified atom stereocenters. The maximum Gasteiger partial charge on any atom is 0.293 e. The van der Waals surface area contributed by atoms with E-state index in [1.165, 1.54) is 65.6 Å². The quantitative estimate of drug-likeness (QED) is 0.185. The van der Waals surface area contributed by atoms with Crippen LogP contribution in [0.5, 0.6) is 5.75 Å². The first-order valence-corrected chi connectivity index (χ1v) is 11.6. The fourth-order valence-corrected chi connectivity index (χ4v) is 6.33. The highest BCUT2D eigenvalue weighted by Crippen LogP contribution is 2.56. The Morgan fingerprint density at radius 2 is 1.33 bits per heavy atom. The number of benzene rings is 5. The Hall–Kier alpha value is -3.91. The van der Waals surface area contributed by atoms with Crippen molar-refractivity contribution < 1.29 is 9.30 Å². The summed E-state index contributed by atoms with van der Waals surface area (Å²) in [6.45, 7) is 5.24. The molecule has 156 valence electrons. The zero-order valence-corrected chi connectivity index (χ0v) is 18.6. The van der Waals surface area contributed by atoms with Gasteiger partial charge in [0, 0.05) is 21.8 Å². The lowest BCUT2D eigenvalue weighted by molar-refractivity contribution is -0.692. The number of fused-ring (bicyclic) bond motifs is 8. The first kappa shape index (κ1) is 17.6. The standard InChI is InChI=1S/C31H22NO/c1-31(2)24-15-20-13-11-18-7-3-5-9-22(18)26(20)30-27(24)29-25(31)16-21-14-12-19-8-4-6-10-23(19)28(21)32(29)17-33-30/h3-16H,17H2,1-2H3/q+1. The number of rotatable bonds is 0. The van der Waals surface area contributed by atoms with Crippen molar-refractivity contribution >= 4 is 43.2 Å². The molecular formula is C31H22NO+. The predicted octanol–water partition coefficient (Wildman–Crippen LogP) is 7.24. The van der Waals surface area contributed by atoms with Crippen LogP contribution in [0, 0.1) is 0 Å². The van der Waals surface area contributed by atoms with Gasteiger partial charge in [0.25, 0.3) is 6.73 Å². The highest BCUT2D eigenvalue weighted by atomic mass is 16.5.